The summed E-state index contributed by atoms with van der Waals surface area (Å²) in [7, 11) is 0. The number of hydrogen-bond acceptors (Lipinski definition) is 1. The fraction of sp³-hybridized carbons (Fsp3) is 0.500. The minimum Gasteiger partial charge on any atom is -0.371 e. The zero-order valence-electron chi connectivity index (χ0n) is 19.1. The Morgan fingerprint density at radius 1 is 1.50 bits per heavy atom. The highest BCUT2D eigenvalue weighted by Crippen LogP contribution is 2.29. The maximum Gasteiger partial charge on any atom is 0.0510 e. The highest BCUT2D eigenvalue weighted by Gasteiger charge is 2.16. The molecule has 2 rings (SSSR count). The Hall–Kier alpha value is -0.500. The van der Waals surface area contributed by atoms with Crippen LogP contribution in [0.5, 0.6) is 0 Å². The number of hydrogen-bond donors (Lipinski definition) is 0. The van der Waals surface area contributed by atoms with Crippen LogP contribution in [0.25, 0.3) is 0 Å². The van der Waals surface area contributed by atoms with Gasteiger partial charge in [-0.05, 0) is 46.7 Å². The van der Waals surface area contributed by atoms with Crippen molar-refractivity contribution in [2.24, 2.45) is 5.89 Å². The van der Waals surface area contributed by atoms with Crippen LogP contribution in [0.15, 0.2) is 28.7 Å². The molecule has 0 amide bonds. The number of anilines is 1. The molecule has 0 radical (unpaired) electrons. The summed E-state index contributed by atoms with van der Waals surface area (Å²) in [4.78, 5) is 0.239. The molecule has 1 saturated heterocycles. The lowest BCUT2D eigenvalue weighted by molar-refractivity contribution is 0.438. The predicted molar refractivity (Wildman–Crippen MR) is 64.8 cm³/mol. The van der Waals surface area contributed by atoms with Crippen molar-refractivity contribution < 1.29 is 16.4 Å². The summed E-state index contributed by atoms with van der Waals surface area (Å²) in [6.45, 7) is -10.4. The van der Waals surface area contributed by atoms with E-state index in [0.29, 0.717) is 0 Å². The van der Waals surface area contributed by atoms with Crippen molar-refractivity contribution in [2.75, 3.05) is 17.9 Å². The van der Waals surface area contributed by atoms with Crippen molar-refractivity contribution in [2.45, 2.75) is 19.6 Å². The average Bonchev–Trinajstić information content (AvgIpc) is 2.45. The lowest BCUT2D eigenvalue weighted by atomic mass is 9.99. The summed E-state index contributed by atoms with van der Waals surface area (Å²) in [5.41, 5.74) is -0.206. The SMILES string of the molecule is [2H]C([2H])([2H])C1([2H])C([2H])([2H])C([2H])([2H])N(c2ccccc2Br)C([2H])([2H])C1([2H])[2H]. The second-order valence-corrected chi connectivity index (χ2v) is 3.49. The molecule has 0 aromatic heterocycles. The van der Waals surface area contributed by atoms with E-state index >= 15 is 0 Å². The Labute approximate surface area is 111 Å². The first-order valence-electron chi connectivity index (χ1n) is 9.94. The number of rotatable bonds is 1. The molecule has 14 heavy (non-hydrogen) atoms. The van der Waals surface area contributed by atoms with Gasteiger partial charge in [-0.15, -0.1) is 0 Å². The van der Waals surface area contributed by atoms with Gasteiger partial charge >= 0.3 is 0 Å². The summed E-state index contributed by atoms with van der Waals surface area (Å²) in [5, 5.41) is 0. The summed E-state index contributed by atoms with van der Waals surface area (Å²) in [6.07, 6.45) is -7.20. The van der Waals surface area contributed by atoms with Crippen molar-refractivity contribution in [3.05, 3.63) is 28.7 Å². The van der Waals surface area contributed by atoms with Crippen LogP contribution < -0.4 is 4.90 Å². The van der Waals surface area contributed by atoms with Crippen LogP contribution in [-0.2, 0) is 0 Å². The summed E-state index contributed by atoms with van der Waals surface area (Å²) in [6, 6.07) is 5.64. The topological polar surface area (TPSA) is 3.24 Å². The molecule has 0 unspecified atom stereocenters. The van der Waals surface area contributed by atoms with Gasteiger partial charge in [0.15, 0.2) is 0 Å². The molecular formula is C12H16BrN. The number of para-hydroxylation sites is 1. The number of benzene rings is 1. The molecule has 0 saturated carbocycles. The van der Waals surface area contributed by atoms with Crippen molar-refractivity contribution >= 4 is 21.6 Å². The minimum absolute atomic E-state index is 0.158. The van der Waals surface area contributed by atoms with Crippen LogP contribution >= 0.6 is 15.9 Å². The quantitative estimate of drug-likeness (QED) is 0.749. The van der Waals surface area contributed by atoms with Crippen molar-refractivity contribution in [1.29, 1.82) is 0 Å². The fourth-order valence-electron chi connectivity index (χ4n) is 1.04. The second kappa shape index (κ2) is 4.35. The van der Waals surface area contributed by atoms with Crippen LogP contribution in [0.1, 0.15) is 36.0 Å². The van der Waals surface area contributed by atoms with E-state index in [0.717, 1.165) is 0 Å². The van der Waals surface area contributed by atoms with Crippen LogP contribution in [-0.4, -0.2) is 13.0 Å². The molecule has 2 heteroatoms. The molecule has 0 N–H and O–H groups in total. The van der Waals surface area contributed by atoms with Gasteiger partial charge in [-0.1, -0.05) is 19.0 Å². The van der Waals surface area contributed by atoms with Crippen LogP contribution in [0, 0.1) is 5.89 Å². The first-order valence-corrected chi connectivity index (χ1v) is 4.73. The third-order valence-corrected chi connectivity index (χ3v) is 2.35. The van der Waals surface area contributed by atoms with Gasteiger partial charge in [0.25, 0.3) is 0 Å². The van der Waals surface area contributed by atoms with Gasteiger partial charge in [0.2, 0.25) is 0 Å². The Kier molecular flexibility index (Phi) is 0.933. The number of piperidine rings is 1. The van der Waals surface area contributed by atoms with Gasteiger partial charge in [-0.25, -0.2) is 0 Å². The molecule has 76 valence electrons. The van der Waals surface area contributed by atoms with Gasteiger partial charge in [-0.3, -0.25) is 0 Å². The van der Waals surface area contributed by atoms with E-state index in [1.54, 1.807) is 6.07 Å². The highest BCUT2D eigenvalue weighted by atomic mass is 79.9. The average molecular weight is 266 g/mol. The standard InChI is InChI=1S/C12H16BrN/c1-10-6-8-14(9-7-10)12-5-3-2-4-11(12)13/h2-5,10H,6-9H2,1H3/i1D3,6D2,7D2,8D2,9D2,10D. The van der Waals surface area contributed by atoms with E-state index in [1.165, 1.54) is 18.2 Å². The van der Waals surface area contributed by atoms with Crippen LogP contribution in [0.3, 0.4) is 0 Å². The van der Waals surface area contributed by atoms with Crippen LogP contribution in [0.4, 0.5) is 5.69 Å². The molecule has 0 atom stereocenters. The molecule has 0 aliphatic carbocycles. The lowest BCUT2D eigenvalue weighted by Gasteiger charge is -2.32. The Balaban J connectivity index is 2.92. The normalized spacial score (nSPS) is 48.8. The van der Waals surface area contributed by atoms with Crippen LogP contribution in [0.2, 0.25) is 0 Å². The Bertz CT molecular complexity index is 684. The smallest absolute Gasteiger partial charge is 0.0510 e. The molecule has 1 aromatic carbocycles. The maximum atomic E-state index is 8.21. The molecule has 1 fully saturated rings. The minimum atomic E-state index is -3.71. The van der Waals surface area contributed by atoms with E-state index in [1.807, 2.05) is 0 Å². The Morgan fingerprint density at radius 3 is 2.86 bits per heavy atom. The maximum absolute atomic E-state index is 8.21. The van der Waals surface area contributed by atoms with Gasteiger partial charge in [0, 0.05) is 33.9 Å². The monoisotopic (exact) mass is 265 g/mol. The van der Waals surface area contributed by atoms with E-state index in [2.05, 4.69) is 15.9 Å². The molecule has 1 aliphatic rings. The zero-order valence-corrected chi connectivity index (χ0v) is 8.72. The van der Waals surface area contributed by atoms with E-state index < -0.39 is 38.5 Å². The molecule has 0 spiro atoms. The van der Waals surface area contributed by atoms with Gasteiger partial charge in [0.05, 0.1) is 5.69 Å². The second-order valence-electron chi connectivity index (χ2n) is 2.64. The molecule has 1 aliphatic heterocycles. The van der Waals surface area contributed by atoms with Crippen molar-refractivity contribution in [1.82, 2.24) is 0 Å². The highest BCUT2D eigenvalue weighted by molar-refractivity contribution is 9.10. The van der Waals surface area contributed by atoms with Crippen molar-refractivity contribution in [3.63, 3.8) is 0 Å². The summed E-state index contributed by atoms with van der Waals surface area (Å²) >= 11 is 3.10. The zero-order chi connectivity index (χ0) is 20.6. The van der Waals surface area contributed by atoms with Gasteiger partial charge < -0.3 is 4.90 Å². The molecule has 1 nitrogen and oxygen atoms in total. The first-order chi connectivity index (χ1) is 11.4. The number of nitrogens with zero attached hydrogens (tertiary/aromatic N) is 1. The molecule has 0 bridgehead atoms. The third-order valence-electron chi connectivity index (χ3n) is 1.68. The third kappa shape index (κ3) is 2.11. The van der Waals surface area contributed by atoms with E-state index in [4.69, 9.17) is 16.4 Å². The predicted octanol–water partition coefficient (Wildman–Crippen LogP) is 3.69. The molecule has 1 aromatic rings. The molecular weight excluding hydrogens is 238 g/mol. The van der Waals surface area contributed by atoms with Gasteiger partial charge in [-0.2, -0.15) is 0 Å². The first kappa shape index (κ1) is 3.00. The summed E-state index contributed by atoms with van der Waals surface area (Å²) < 4.78 is 96.1. The Morgan fingerprint density at radius 2 is 2.21 bits per heavy atom. The van der Waals surface area contributed by atoms with Crippen molar-refractivity contribution in [3.8, 4) is 0 Å². The molecule has 1 heterocycles. The van der Waals surface area contributed by atoms with Gasteiger partial charge in [0.1, 0.15) is 0 Å². The largest absolute Gasteiger partial charge is 0.371 e. The fourth-order valence-corrected chi connectivity index (χ4v) is 1.50. The summed E-state index contributed by atoms with van der Waals surface area (Å²) in [5.74, 6) is -3.71. The lowest BCUT2D eigenvalue weighted by Crippen LogP contribution is -2.32. The van der Waals surface area contributed by atoms with E-state index in [-0.39, 0.29) is 15.1 Å². The van der Waals surface area contributed by atoms with E-state index in [9.17, 15) is 0 Å². The number of halogens is 1.